The van der Waals surface area contributed by atoms with E-state index in [0.717, 1.165) is 10.0 Å². The monoisotopic (exact) mass is 346 g/mol. The van der Waals surface area contributed by atoms with Gasteiger partial charge >= 0.3 is 0 Å². The van der Waals surface area contributed by atoms with Crippen molar-refractivity contribution < 1.29 is 19.0 Å². The molecule has 0 radical (unpaired) electrons. The van der Waals surface area contributed by atoms with Crippen LogP contribution in [0.2, 0.25) is 0 Å². The van der Waals surface area contributed by atoms with Gasteiger partial charge in [0.2, 0.25) is 6.79 Å². The van der Waals surface area contributed by atoms with Crippen molar-refractivity contribution in [1.82, 2.24) is 0 Å². The van der Waals surface area contributed by atoms with E-state index >= 15 is 0 Å². The number of halogens is 1. The Balaban J connectivity index is 1.53. The Hall–Kier alpha value is -1.85. The van der Waals surface area contributed by atoms with Gasteiger partial charge in [0.25, 0.3) is 0 Å². The Kier molecular flexibility index (Phi) is 2.97. The molecule has 2 aromatic carbocycles. The van der Waals surface area contributed by atoms with Crippen molar-refractivity contribution in [3.63, 3.8) is 0 Å². The molecular formula is C16H11BrO4. The molecule has 2 aliphatic rings. The number of epoxide rings is 1. The molecule has 0 bridgehead atoms. The van der Waals surface area contributed by atoms with Gasteiger partial charge in [0.05, 0.1) is 0 Å². The van der Waals surface area contributed by atoms with Crippen LogP contribution in [0.25, 0.3) is 0 Å². The molecule has 5 heteroatoms. The van der Waals surface area contributed by atoms with Crippen molar-refractivity contribution in [2.24, 2.45) is 0 Å². The van der Waals surface area contributed by atoms with E-state index in [1.807, 2.05) is 24.3 Å². The highest BCUT2D eigenvalue weighted by atomic mass is 79.9. The summed E-state index contributed by atoms with van der Waals surface area (Å²) in [4.78, 5) is 12.4. The van der Waals surface area contributed by atoms with Crippen LogP contribution in [-0.2, 0) is 4.74 Å². The molecule has 0 spiro atoms. The average molecular weight is 347 g/mol. The van der Waals surface area contributed by atoms with E-state index in [2.05, 4.69) is 15.9 Å². The minimum Gasteiger partial charge on any atom is -0.454 e. The molecule has 2 heterocycles. The quantitative estimate of drug-likeness (QED) is 0.630. The van der Waals surface area contributed by atoms with Crippen LogP contribution >= 0.6 is 15.9 Å². The summed E-state index contributed by atoms with van der Waals surface area (Å²) in [5.74, 6) is 1.26. The Labute approximate surface area is 129 Å². The molecule has 4 rings (SSSR count). The van der Waals surface area contributed by atoms with Gasteiger partial charge in [-0.25, -0.2) is 0 Å². The second-order valence-electron chi connectivity index (χ2n) is 4.96. The van der Waals surface area contributed by atoms with E-state index in [1.54, 1.807) is 18.2 Å². The minimum atomic E-state index is -0.411. The first-order valence-electron chi connectivity index (χ1n) is 6.57. The Morgan fingerprint density at radius 1 is 1.05 bits per heavy atom. The van der Waals surface area contributed by atoms with Gasteiger partial charge in [-0.1, -0.05) is 28.1 Å². The van der Waals surface area contributed by atoms with Crippen molar-refractivity contribution >= 4 is 21.7 Å². The van der Waals surface area contributed by atoms with Crippen LogP contribution in [0.4, 0.5) is 0 Å². The van der Waals surface area contributed by atoms with Gasteiger partial charge < -0.3 is 14.2 Å². The number of fused-ring (bicyclic) bond motifs is 1. The molecular weight excluding hydrogens is 336 g/mol. The first-order valence-corrected chi connectivity index (χ1v) is 7.36. The third kappa shape index (κ3) is 2.32. The number of ketones is 1. The van der Waals surface area contributed by atoms with Crippen molar-refractivity contribution in [1.29, 1.82) is 0 Å². The second kappa shape index (κ2) is 4.86. The van der Waals surface area contributed by atoms with Gasteiger partial charge in [0, 0.05) is 10.0 Å². The maximum absolute atomic E-state index is 12.4. The standard InChI is InChI=1S/C16H11BrO4/c17-11-4-1-9(2-5-11)15-16(21-15)14(18)10-3-6-12-13(7-10)20-8-19-12/h1-7,15-16H,8H2/t15-,16+/m0/s1. The van der Waals surface area contributed by atoms with Gasteiger partial charge in [-0.05, 0) is 35.9 Å². The number of hydrogen-bond acceptors (Lipinski definition) is 4. The normalized spacial score (nSPS) is 22.1. The second-order valence-corrected chi connectivity index (χ2v) is 5.88. The summed E-state index contributed by atoms with van der Waals surface area (Å²) in [7, 11) is 0. The Morgan fingerprint density at radius 3 is 2.62 bits per heavy atom. The molecule has 0 unspecified atom stereocenters. The van der Waals surface area contributed by atoms with Crippen molar-refractivity contribution in [2.45, 2.75) is 12.2 Å². The van der Waals surface area contributed by atoms with Gasteiger partial charge in [-0.3, -0.25) is 4.79 Å². The molecule has 2 aromatic rings. The summed E-state index contributed by atoms with van der Waals surface area (Å²) in [5.41, 5.74) is 1.60. The number of carbonyl (C=O) groups is 1. The Morgan fingerprint density at radius 2 is 1.81 bits per heavy atom. The van der Waals surface area contributed by atoms with Crippen LogP contribution in [0.15, 0.2) is 46.9 Å². The lowest BCUT2D eigenvalue weighted by molar-refractivity contribution is 0.0953. The van der Waals surface area contributed by atoms with Crippen molar-refractivity contribution in [2.75, 3.05) is 6.79 Å². The molecule has 0 amide bonds. The van der Waals surface area contributed by atoms with Gasteiger partial charge in [-0.2, -0.15) is 0 Å². The fourth-order valence-electron chi connectivity index (χ4n) is 2.43. The third-order valence-electron chi connectivity index (χ3n) is 3.61. The molecule has 2 aliphatic heterocycles. The maximum Gasteiger partial charge on any atom is 0.231 e. The number of benzene rings is 2. The molecule has 0 N–H and O–H groups in total. The van der Waals surface area contributed by atoms with Crippen molar-refractivity contribution in [3.05, 3.63) is 58.1 Å². The van der Waals surface area contributed by atoms with Crippen LogP contribution in [0.1, 0.15) is 22.0 Å². The summed E-state index contributed by atoms with van der Waals surface area (Å²) < 4.78 is 17.1. The van der Waals surface area contributed by atoms with E-state index in [9.17, 15) is 4.79 Å². The summed E-state index contributed by atoms with van der Waals surface area (Å²) >= 11 is 3.39. The van der Waals surface area contributed by atoms with Crippen LogP contribution in [0, 0.1) is 0 Å². The highest BCUT2D eigenvalue weighted by Crippen LogP contribution is 2.42. The van der Waals surface area contributed by atoms with E-state index < -0.39 is 6.10 Å². The first-order chi connectivity index (χ1) is 10.2. The highest BCUT2D eigenvalue weighted by molar-refractivity contribution is 9.10. The lowest BCUT2D eigenvalue weighted by Crippen LogP contribution is -2.08. The highest BCUT2D eigenvalue weighted by Gasteiger charge is 2.46. The molecule has 106 valence electrons. The predicted molar refractivity (Wildman–Crippen MR) is 78.7 cm³/mol. The lowest BCUT2D eigenvalue weighted by atomic mass is 10.0. The number of rotatable bonds is 3. The van der Waals surface area contributed by atoms with E-state index in [1.165, 1.54) is 0 Å². The summed E-state index contributed by atoms with van der Waals surface area (Å²) in [6.07, 6.45) is -0.567. The number of hydrogen-bond donors (Lipinski definition) is 0. The van der Waals surface area contributed by atoms with Crippen LogP contribution in [0.3, 0.4) is 0 Å². The average Bonchev–Trinajstić information content (AvgIpc) is 3.16. The van der Waals surface area contributed by atoms with Crippen LogP contribution in [-0.4, -0.2) is 18.7 Å². The molecule has 21 heavy (non-hydrogen) atoms. The lowest BCUT2D eigenvalue weighted by Gasteiger charge is -2.00. The molecule has 0 aromatic heterocycles. The summed E-state index contributed by atoms with van der Waals surface area (Å²) in [5, 5.41) is 0. The molecule has 1 fully saturated rings. The van der Waals surface area contributed by atoms with Gasteiger partial charge in [0.1, 0.15) is 6.10 Å². The van der Waals surface area contributed by atoms with E-state index in [-0.39, 0.29) is 18.7 Å². The zero-order valence-corrected chi connectivity index (χ0v) is 12.5. The predicted octanol–water partition coefficient (Wildman–Crippen LogP) is 3.50. The Bertz CT molecular complexity index is 711. The summed E-state index contributed by atoms with van der Waals surface area (Å²) in [6.45, 7) is 0.203. The zero-order valence-electron chi connectivity index (χ0n) is 10.9. The third-order valence-corrected chi connectivity index (χ3v) is 4.13. The van der Waals surface area contributed by atoms with Gasteiger partial charge in [0.15, 0.2) is 23.4 Å². The number of ether oxygens (including phenoxy) is 3. The first kappa shape index (κ1) is 12.9. The SMILES string of the molecule is O=C(c1ccc2c(c1)OCO2)[C@H]1O[C@H]1c1ccc(Br)cc1. The molecule has 1 saturated heterocycles. The van der Waals surface area contributed by atoms with Crippen LogP contribution in [0.5, 0.6) is 11.5 Å². The maximum atomic E-state index is 12.4. The molecule has 0 saturated carbocycles. The number of Topliss-reactive ketones (excluding diaryl/α,β-unsaturated/α-hetero) is 1. The zero-order chi connectivity index (χ0) is 14.4. The summed E-state index contributed by atoms with van der Waals surface area (Å²) in [6, 6.07) is 13.0. The van der Waals surface area contributed by atoms with Crippen molar-refractivity contribution in [3.8, 4) is 11.5 Å². The van der Waals surface area contributed by atoms with Gasteiger partial charge in [-0.15, -0.1) is 0 Å². The number of carbonyl (C=O) groups excluding carboxylic acids is 1. The fourth-order valence-corrected chi connectivity index (χ4v) is 2.70. The molecule has 0 aliphatic carbocycles. The minimum absolute atomic E-state index is 0.0266. The molecule has 2 atom stereocenters. The topological polar surface area (TPSA) is 48.1 Å². The van der Waals surface area contributed by atoms with E-state index in [0.29, 0.717) is 17.1 Å². The largest absolute Gasteiger partial charge is 0.454 e. The fraction of sp³-hybridized carbons (Fsp3) is 0.188. The molecule has 4 nitrogen and oxygen atoms in total. The van der Waals surface area contributed by atoms with Crippen LogP contribution < -0.4 is 9.47 Å². The van der Waals surface area contributed by atoms with E-state index in [4.69, 9.17) is 14.2 Å². The smallest absolute Gasteiger partial charge is 0.231 e.